The van der Waals surface area contributed by atoms with Crippen molar-refractivity contribution in [2.75, 3.05) is 20.1 Å². The molecule has 0 radical (unpaired) electrons. The first-order valence-corrected chi connectivity index (χ1v) is 7.93. The second-order valence-electron chi connectivity index (χ2n) is 5.57. The van der Waals surface area contributed by atoms with Crippen LogP contribution < -0.4 is 10.6 Å². The van der Waals surface area contributed by atoms with E-state index in [1.165, 1.54) is 11.6 Å². The lowest BCUT2D eigenvalue weighted by Gasteiger charge is -2.16. The predicted octanol–water partition coefficient (Wildman–Crippen LogP) is 3.34. The van der Waals surface area contributed by atoms with Gasteiger partial charge in [-0.05, 0) is 35.6 Å². The summed E-state index contributed by atoms with van der Waals surface area (Å²) in [6, 6.07) is 17.1. The Balaban J connectivity index is 1.75. The first-order chi connectivity index (χ1) is 11.2. The molecule has 0 saturated heterocycles. The number of benzene rings is 2. The van der Waals surface area contributed by atoms with Crippen molar-refractivity contribution in [1.29, 1.82) is 0 Å². The molecule has 122 valence electrons. The van der Waals surface area contributed by atoms with Crippen molar-refractivity contribution in [2.24, 2.45) is 4.99 Å². The van der Waals surface area contributed by atoms with Crippen molar-refractivity contribution in [3.8, 4) is 0 Å². The molecular formula is C19H24FN3. The van der Waals surface area contributed by atoms with Gasteiger partial charge in [0, 0.05) is 20.1 Å². The Kier molecular flexibility index (Phi) is 6.60. The van der Waals surface area contributed by atoms with Gasteiger partial charge in [0.05, 0.1) is 0 Å². The van der Waals surface area contributed by atoms with Crippen LogP contribution in [0, 0.1) is 5.82 Å². The number of hydrogen-bond acceptors (Lipinski definition) is 1. The lowest BCUT2D eigenvalue weighted by molar-refractivity contribution is 0.625. The lowest BCUT2D eigenvalue weighted by Crippen LogP contribution is -2.39. The summed E-state index contributed by atoms with van der Waals surface area (Å²) < 4.78 is 13.1. The summed E-state index contributed by atoms with van der Waals surface area (Å²) in [5.74, 6) is 0.976. The molecule has 0 saturated carbocycles. The highest BCUT2D eigenvalue weighted by Crippen LogP contribution is 2.12. The Bertz CT molecular complexity index is 626. The molecule has 0 aromatic heterocycles. The van der Waals surface area contributed by atoms with E-state index in [0.717, 1.165) is 24.5 Å². The number of rotatable bonds is 6. The minimum atomic E-state index is -0.193. The summed E-state index contributed by atoms with van der Waals surface area (Å²) in [7, 11) is 1.75. The van der Waals surface area contributed by atoms with Gasteiger partial charge in [-0.2, -0.15) is 0 Å². The van der Waals surface area contributed by atoms with Crippen molar-refractivity contribution in [3.05, 3.63) is 71.5 Å². The number of guanidine groups is 1. The largest absolute Gasteiger partial charge is 0.356 e. The van der Waals surface area contributed by atoms with Gasteiger partial charge in [-0.3, -0.25) is 4.99 Å². The molecule has 1 unspecified atom stereocenters. The molecule has 2 aromatic carbocycles. The van der Waals surface area contributed by atoms with E-state index >= 15 is 0 Å². The second kappa shape index (κ2) is 8.93. The molecule has 0 heterocycles. The third-order valence-electron chi connectivity index (χ3n) is 3.76. The van der Waals surface area contributed by atoms with Crippen LogP contribution >= 0.6 is 0 Å². The molecule has 0 aliphatic rings. The molecule has 2 rings (SSSR count). The number of halogens is 1. The van der Waals surface area contributed by atoms with Crippen molar-refractivity contribution in [3.63, 3.8) is 0 Å². The SMILES string of the molecule is CN=C(NCCc1cccc(F)c1)NCC(C)c1ccccc1. The molecule has 0 bridgehead atoms. The molecule has 2 aromatic rings. The summed E-state index contributed by atoms with van der Waals surface area (Å²) in [5, 5.41) is 6.59. The molecule has 1 atom stereocenters. The smallest absolute Gasteiger partial charge is 0.191 e. The molecule has 2 N–H and O–H groups in total. The van der Waals surface area contributed by atoms with Crippen LogP contribution in [0.5, 0.6) is 0 Å². The number of hydrogen-bond donors (Lipinski definition) is 2. The van der Waals surface area contributed by atoms with Crippen LogP contribution in [-0.4, -0.2) is 26.1 Å². The highest BCUT2D eigenvalue weighted by molar-refractivity contribution is 5.79. The van der Waals surface area contributed by atoms with E-state index in [1.54, 1.807) is 19.2 Å². The number of aliphatic imine (C=N–C) groups is 1. The molecular weight excluding hydrogens is 289 g/mol. The van der Waals surface area contributed by atoms with Gasteiger partial charge >= 0.3 is 0 Å². The lowest BCUT2D eigenvalue weighted by atomic mass is 10.0. The Labute approximate surface area is 137 Å². The van der Waals surface area contributed by atoms with Gasteiger partial charge in [0.25, 0.3) is 0 Å². The molecule has 3 nitrogen and oxygen atoms in total. The maximum absolute atomic E-state index is 13.1. The molecule has 23 heavy (non-hydrogen) atoms. The van der Waals surface area contributed by atoms with Crippen molar-refractivity contribution < 1.29 is 4.39 Å². The Morgan fingerprint density at radius 3 is 2.57 bits per heavy atom. The van der Waals surface area contributed by atoms with Crippen LogP contribution in [0.3, 0.4) is 0 Å². The third-order valence-corrected chi connectivity index (χ3v) is 3.76. The van der Waals surface area contributed by atoms with Gasteiger partial charge in [-0.25, -0.2) is 4.39 Å². The van der Waals surface area contributed by atoms with Crippen LogP contribution in [-0.2, 0) is 6.42 Å². The van der Waals surface area contributed by atoms with Crippen LogP contribution in [0.1, 0.15) is 24.0 Å². The number of nitrogens with one attached hydrogen (secondary N) is 2. The van der Waals surface area contributed by atoms with Crippen molar-refractivity contribution in [2.45, 2.75) is 19.3 Å². The van der Waals surface area contributed by atoms with Gasteiger partial charge in [-0.1, -0.05) is 49.4 Å². The van der Waals surface area contributed by atoms with Crippen LogP contribution in [0.4, 0.5) is 4.39 Å². The Hall–Kier alpha value is -2.36. The monoisotopic (exact) mass is 313 g/mol. The second-order valence-corrected chi connectivity index (χ2v) is 5.57. The fourth-order valence-corrected chi connectivity index (χ4v) is 2.39. The average Bonchev–Trinajstić information content (AvgIpc) is 2.58. The zero-order valence-electron chi connectivity index (χ0n) is 13.7. The summed E-state index contributed by atoms with van der Waals surface area (Å²) in [6.07, 6.45) is 0.757. The highest BCUT2D eigenvalue weighted by Gasteiger charge is 2.06. The maximum Gasteiger partial charge on any atom is 0.191 e. The molecule has 0 spiro atoms. The molecule has 4 heteroatoms. The van der Waals surface area contributed by atoms with E-state index in [-0.39, 0.29) is 5.82 Å². The van der Waals surface area contributed by atoms with Crippen LogP contribution in [0.25, 0.3) is 0 Å². The summed E-state index contributed by atoms with van der Waals surface area (Å²) in [5.41, 5.74) is 2.28. The molecule has 0 amide bonds. The van der Waals surface area contributed by atoms with E-state index in [2.05, 4.69) is 46.8 Å². The summed E-state index contributed by atoms with van der Waals surface area (Å²) in [4.78, 5) is 4.22. The average molecular weight is 313 g/mol. The fourth-order valence-electron chi connectivity index (χ4n) is 2.39. The van der Waals surface area contributed by atoms with Gasteiger partial charge in [0.15, 0.2) is 5.96 Å². The van der Waals surface area contributed by atoms with Crippen LogP contribution in [0.15, 0.2) is 59.6 Å². The zero-order valence-corrected chi connectivity index (χ0v) is 13.7. The maximum atomic E-state index is 13.1. The number of nitrogens with zero attached hydrogens (tertiary/aromatic N) is 1. The summed E-state index contributed by atoms with van der Waals surface area (Å²) in [6.45, 7) is 3.70. The standard InChI is InChI=1S/C19H24FN3/c1-15(17-8-4-3-5-9-17)14-23-19(21-2)22-12-11-16-7-6-10-18(20)13-16/h3-10,13,15H,11-12,14H2,1-2H3,(H2,21,22,23). The minimum absolute atomic E-state index is 0.193. The Morgan fingerprint density at radius 2 is 1.87 bits per heavy atom. The molecule has 0 fully saturated rings. The van der Waals surface area contributed by atoms with E-state index in [0.29, 0.717) is 12.5 Å². The quantitative estimate of drug-likeness (QED) is 0.634. The van der Waals surface area contributed by atoms with Crippen LogP contribution in [0.2, 0.25) is 0 Å². The van der Waals surface area contributed by atoms with Gasteiger partial charge in [0.2, 0.25) is 0 Å². The van der Waals surface area contributed by atoms with E-state index in [4.69, 9.17) is 0 Å². The van der Waals surface area contributed by atoms with E-state index < -0.39 is 0 Å². The fraction of sp³-hybridized carbons (Fsp3) is 0.316. The van der Waals surface area contributed by atoms with E-state index in [1.807, 2.05) is 12.1 Å². The Morgan fingerprint density at radius 1 is 1.09 bits per heavy atom. The first kappa shape index (κ1) is 17.0. The van der Waals surface area contributed by atoms with Gasteiger partial charge < -0.3 is 10.6 Å². The first-order valence-electron chi connectivity index (χ1n) is 7.93. The van der Waals surface area contributed by atoms with E-state index in [9.17, 15) is 4.39 Å². The molecule has 0 aliphatic carbocycles. The minimum Gasteiger partial charge on any atom is -0.356 e. The zero-order chi connectivity index (χ0) is 16.5. The van der Waals surface area contributed by atoms with Crippen molar-refractivity contribution >= 4 is 5.96 Å². The van der Waals surface area contributed by atoms with Gasteiger partial charge in [0.1, 0.15) is 5.82 Å². The topological polar surface area (TPSA) is 36.4 Å². The third kappa shape index (κ3) is 5.74. The molecule has 0 aliphatic heterocycles. The summed E-state index contributed by atoms with van der Waals surface area (Å²) >= 11 is 0. The predicted molar refractivity (Wildman–Crippen MR) is 94.3 cm³/mol. The van der Waals surface area contributed by atoms with Gasteiger partial charge in [-0.15, -0.1) is 0 Å². The highest BCUT2D eigenvalue weighted by atomic mass is 19.1. The normalized spacial score (nSPS) is 12.7. The van der Waals surface area contributed by atoms with Crippen molar-refractivity contribution in [1.82, 2.24) is 10.6 Å².